The van der Waals surface area contributed by atoms with Crippen molar-refractivity contribution in [2.75, 3.05) is 13.1 Å². The van der Waals surface area contributed by atoms with Gasteiger partial charge in [-0.15, -0.1) is 0 Å². The lowest BCUT2D eigenvalue weighted by Crippen LogP contribution is -2.30. The zero-order chi connectivity index (χ0) is 12.7. The molecule has 3 nitrogen and oxygen atoms in total. The maximum absolute atomic E-state index is 13.7. The van der Waals surface area contributed by atoms with Crippen molar-refractivity contribution in [3.8, 4) is 0 Å². The van der Waals surface area contributed by atoms with E-state index in [1.165, 1.54) is 6.07 Å². The number of rotatable bonds is 6. The molecule has 0 aliphatic heterocycles. The molecule has 3 N–H and O–H groups in total. The predicted octanol–water partition coefficient (Wildman–Crippen LogP) is 1.78. The van der Waals surface area contributed by atoms with E-state index < -0.39 is 5.92 Å². The van der Waals surface area contributed by atoms with Crippen LogP contribution in [0.3, 0.4) is 0 Å². The second-order valence-electron chi connectivity index (χ2n) is 3.90. The number of carbonyl (C=O) groups is 1. The number of nitrogens with one attached hydrogen (secondary N) is 1. The Morgan fingerprint density at radius 2 is 2.18 bits per heavy atom. The third kappa shape index (κ3) is 3.82. The molecule has 1 atom stereocenters. The smallest absolute Gasteiger partial charge is 0.227 e. The van der Waals surface area contributed by atoms with Crippen molar-refractivity contribution in [3.63, 3.8) is 0 Å². The Kier molecular flexibility index (Phi) is 5.63. The SMILES string of the molecule is CCNC(=O)C(CCCN)c1ccccc1F. The Balaban J connectivity index is 2.89. The molecule has 0 saturated carbocycles. The molecule has 0 aliphatic rings. The molecule has 0 aliphatic carbocycles. The van der Waals surface area contributed by atoms with Crippen molar-refractivity contribution < 1.29 is 9.18 Å². The molecule has 1 aromatic rings. The van der Waals surface area contributed by atoms with Crippen LogP contribution in [0.2, 0.25) is 0 Å². The minimum Gasteiger partial charge on any atom is -0.356 e. The van der Waals surface area contributed by atoms with Crippen LogP contribution in [0.15, 0.2) is 24.3 Å². The number of halogens is 1. The molecule has 0 aromatic heterocycles. The summed E-state index contributed by atoms with van der Waals surface area (Å²) in [5.74, 6) is -0.911. The van der Waals surface area contributed by atoms with E-state index >= 15 is 0 Å². The number of likely N-dealkylation sites (N-methyl/N-ethyl adjacent to an activating group) is 1. The Labute approximate surface area is 101 Å². The van der Waals surface area contributed by atoms with Crippen LogP contribution in [0.25, 0.3) is 0 Å². The number of amides is 1. The van der Waals surface area contributed by atoms with E-state index in [2.05, 4.69) is 5.32 Å². The van der Waals surface area contributed by atoms with Crippen molar-refractivity contribution >= 4 is 5.91 Å². The summed E-state index contributed by atoms with van der Waals surface area (Å²) in [7, 11) is 0. The first-order chi connectivity index (χ1) is 8.20. The molecular weight excluding hydrogens is 219 g/mol. The molecule has 94 valence electrons. The van der Waals surface area contributed by atoms with Crippen LogP contribution in [0.5, 0.6) is 0 Å². The van der Waals surface area contributed by atoms with Crippen LogP contribution >= 0.6 is 0 Å². The molecule has 4 heteroatoms. The van der Waals surface area contributed by atoms with Crippen LogP contribution in [-0.4, -0.2) is 19.0 Å². The molecule has 1 rings (SSSR count). The fourth-order valence-corrected chi connectivity index (χ4v) is 1.80. The number of benzene rings is 1. The fraction of sp³-hybridized carbons (Fsp3) is 0.462. The summed E-state index contributed by atoms with van der Waals surface area (Å²) in [5.41, 5.74) is 5.89. The molecule has 0 heterocycles. The van der Waals surface area contributed by atoms with Gasteiger partial charge >= 0.3 is 0 Å². The van der Waals surface area contributed by atoms with E-state index in [0.717, 1.165) is 0 Å². The highest BCUT2D eigenvalue weighted by atomic mass is 19.1. The maximum atomic E-state index is 13.7. The van der Waals surface area contributed by atoms with Gasteiger partial charge in [0.1, 0.15) is 5.82 Å². The highest BCUT2D eigenvalue weighted by Crippen LogP contribution is 2.23. The first-order valence-corrected chi connectivity index (χ1v) is 5.92. The summed E-state index contributed by atoms with van der Waals surface area (Å²) in [4.78, 5) is 11.9. The van der Waals surface area contributed by atoms with Gasteiger partial charge < -0.3 is 11.1 Å². The monoisotopic (exact) mass is 238 g/mol. The Morgan fingerprint density at radius 3 is 2.76 bits per heavy atom. The lowest BCUT2D eigenvalue weighted by Gasteiger charge is -2.17. The average Bonchev–Trinajstić information content (AvgIpc) is 2.32. The number of nitrogens with two attached hydrogens (primary N) is 1. The molecular formula is C13H19FN2O. The maximum Gasteiger partial charge on any atom is 0.227 e. The summed E-state index contributed by atoms with van der Waals surface area (Å²) in [6.45, 7) is 2.90. The lowest BCUT2D eigenvalue weighted by atomic mass is 9.93. The van der Waals surface area contributed by atoms with Gasteiger partial charge in [-0.25, -0.2) is 4.39 Å². The van der Waals surface area contributed by atoms with Gasteiger partial charge in [0.05, 0.1) is 5.92 Å². The van der Waals surface area contributed by atoms with Gasteiger partial charge in [-0.05, 0) is 32.4 Å². The molecule has 0 radical (unpaired) electrons. The molecule has 0 fully saturated rings. The average molecular weight is 238 g/mol. The van der Waals surface area contributed by atoms with Crippen molar-refractivity contribution in [3.05, 3.63) is 35.6 Å². The van der Waals surface area contributed by atoms with Gasteiger partial charge in [0.25, 0.3) is 0 Å². The van der Waals surface area contributed by atoms with Gasteiger partial charge in [0, 0.05) is 12.1 Å². The van der Waals surface area contributed by atoms with E-state index in [1.54, 1.807) is 18.2 Å². The minimum atomic E-state index is -0.445. The highest BCUT2D eigenvalue weighted by Gasteiger charge is 2.22. The van der Waals surface area contributed by atoms with Gasteiger partial charge in [-0.3, -0.25) is 4.79 Å². The molecule has 0 saturated heterocycles. The standard InChI is InChI=1S/C13H19FN2O/c1-2-16-13(17)11(7-5-9-15)10-6-3-4-8-12(10)14/h3-4,6,8,11H,2,5,7,9,15H2,1H3,(H,16,17). The highest BCUT2D eigenvalue weighted by molar-refractivity contribution is 5.83. The molecule has 0 spiro atoms. The largest absolute Gasteiger partial charge is 0.356 e. The van der Waals surface area contributed by atoms with Crippen LogP contribution < -0.4 is 11.1 Å². The Hall–Kier alpha value is -1.42. The van der Waals surface area contributed by atoms with Crippen molar-refractivity contribution in [1.29, 1.82) is 0 Å². The van der Waals surface area contributed by atoms with Crippen molar-refractivity contribution in [2.24, 2.45) is 5.73 Å². The Bertz CT molecular complexity index is 368. The summed E-state index contributed by atoms with van der Waals surface area (Å²) in [6, 6.07) is 6.40. The normalized spacial score (nSPS) is 12.2. The van der Waals surface area contributed by atoms with E-state index in [0.29, 0.717) is 31.5 Å². The third-order valence-corrected chi connectivity index (χ3v) is 2.65. The van der Waals surface area contributed by atoms with Gasteiger partial charge in [-0.2, -0.15) is 0 Å². The second kappa shape index (κ2) is 7.01. The van der Waals surface area contributed by atoms with Crippen molar-refractivity contribution in [2.45, 2.75) is 25.7 Å². The molecule has 1 unspecified atom stereocenters. The molecule has 1 aromatic carbocycles. The number of carbonyl (C=O) groups excluding carboxylic acids is 1. The van der Waals surface area contributed by atoms with E-state index in [-0.39, 0.29) is 11.7 Å². The van der Waals surface area contributed by atoms with Gasteiger partial charge in [0.15, 0.2) is 0 Å². The number of hydrogen-bond donors (Lipinski definition) is 2. The van der Waals surface area contributed by atoms with Gasteiger partial charge in [-0.1, -0.05) is 18.2 Å². The minimum absolute atomic E-state index is 0.133. The lowest BCUT2D eigenvalue weighted by molar-refractivity contribution is -0.122. The van der Waals surface area contributed by atoms with Crippen LogP contribution in [-0.2, 0) is 4.79 Å². The summed E-state index contributed by atoms with van der Waals surface area (Å²) >= 11 is 0. The van der Waals surface area contributed by atoms with Crippen LogP contribution in [0.4, 0.5) is 4.39 Å². The van der Waals surface area contributed by atoms with E-state index in [9.17, 15) is 9.18 Å². The predicted molar refractivity (Wildman–Crippen MR) is 66.1 cm³/mol. The fourth-order valence-electron chi connectivity index (χ4n) is 1.80. The first-order valence-electron chi connectivity index (χ1n) is 5.92. The second-order valence-corrected chi connectivity index (χ2v) is 3.90. The topological polar surface area (TPSA) is 55.1 Å². The summed E-state index contributed by atoms with van der Waals surface area (Å²) in [6.07, 6.45) is 1.28. The van der Waals surface area contributed by atoms with Gasteiger partial charge in [0.2, 0.25) is 5.91 Å². The zero-order valence-electron chi connectivity index (χ0n) is 10.1. The van der Waals surface area contributed by atoms with Crippen molar-refractivity contribution in [1.82, 2.24) is 5.32 Å². The molecule has 1 amide bonds. The Morgan fingerprint density at radius 1 is 1.47 bits per heavy atom. The molecule has 17 heavy (non-hydrogen) atoms. The summed E-state index contributed by atoms with van der Waals surface area (Å²) < 4.78 is 13.7. The van der Waals surface area contributed by atoms with E-state index in [4.69, 9.17) is 5.73 Å². The van der Waals surface area contributed by atoms with Crippen LogP contribution in [0, 0.1) is 5.82 Å². The van der Waals surface area contributed by atoms with E-state index in [1.807, 2.05) is 6.92 Å². The van der Waals surface area contributed by atoms with Crippen LogP contribution in [0.1, 0.15) is 31.2 Å². The quantitative estimate of drug-likeness (QED) is 0.793. The molecule has 0 bridgehead atoms. The summed E-state index contributed by atoms with van der Waals surface area (Å²) in [5, 5.41) is 2.73. The first kappa shape index (κ1) is 13.6. The zero-order valence-corrected chi connectivity index (χ0v) is 10.1. The number of hydrogen-bond acceptors (Lipinski definition) is 2. The third-order valence-electron chi connectivity index (χ3n) is 2.65.